The van der Waals surface area contributed by atoms with Crippen molar-refractivity contribution in [3.63, 3.8) is 0 Å². The van der Waals surface area contributed by atoms with Gasteiger partial charge in [0.15, 0.2) is 17.5 Å². The van der Waals surface area contributed by atoms with Gasteiger partial charge in [-0.05, 0) is 52.1 Å². The van der Waals surface area contributed by atoms with Crippen LogP contribution in [0, 0.1) is 0 Å². The van der Waals surface area contributed by atoms with E-state index in [2.05, 4.69) is 115 Å². The molecule has 0 radical (unpaired) electrons. The van der Waals surface area contributed by atoms with Gasteiger partial charge >= 0.3 is 0 Å². The van der Waals surface area contributed by atoms with Crippen molar-refractivity contribution in [1.82, 2.24) is 19.9 Å². The normalized spacial score (nSPS) is 11.4. The number of benzene rings is 7. The summed E-state index contributed by atoms with van der Waals surface area (Å²) in [7, 11) is 0. The van der Waals surface area contributed by atoms with Gasteiger partial charge in [-0.25, -0.2) is 19.9 Å². The van der Waals surface area contributed by atoms with Crippen LogP contribution in [0.2, 0.25) is 0 Å². The molecule has 0 fully saturated rings. The first kappa shape index (κ1) is 30.6. The SMILES string of the molecule is c1ccc(-c2ccc(-c3nc(-c4ccccc4)nc(-c4cccc(-c5cccc(-c6c7ccccc7nc7oc8ccccc8c67)c5)c4)n3)cc2)cc1. The van der Waals surface area contributed by atoms with Crippen LogP contribution >= 0.6 is 0 Å². The molecule has 248 valence electrons. The number of para-hydroxylation sites is 2. The van der Waals surface area contributed by atoms with Crippen molar-refractivity contribution in [1.29, 1.82) is 0 Å². The Bertz CT molecular complexity index is 2940. The van der Waals surface area contributed by atoms with Crippen molar-refractivity contribution in [2.24, 2.45) is 0 Å². The molecule has 0 unspecified atom stereocenters. The summed E-state index contributed by atoms with van der Waals surface area (Å²) in [6.45, 7) is 0. The average molecular weight is 679 g/mol. The fraction of sp³-hybridized carbons (Fsp3) is 0. The predicted molar refractivity (Wildman–Crippen MR) is 215 cm³/mol. The molecule has 0 bridgehead atoms. The van der Waals surface area contributed by atoms with Gasteiger partial charge in [0.1, 0.15) is 5.58 Å². The molecule has 0 aliphatic carbocycles. The number of fused-ring (bicyclic) bond motifs is 4. The molecule has 5 nitrogen and oxygen atoms in total. The standard InChI is InChI=1S/C48H30N4O/c1-3-13-31(14-4-1)32-25-27-34(28-26-32)46-50-45(33-15-5-2-6-16-33)51-47(52-46)38-20-12-18-36(30-38)35-17-11-19-37(29-35)43-39-21-7-9-23-41(39)49-48-44(43)40-22-8-10-24-42(40)53-48/h1-30H. The minimum Gasteiger partial charge on any atom is -0.438 e. The van der Waals surface area contributed by atoms with Crippen LogP contribution in [0.1, 0.15) is 0 Å². The summed E-state index contributed by atoms with van der Waals surface area (Å²) in [4.78, 5) is 19.9. The average Bonchev–Trinajstić information content (AvgIpc) is 3.61. The number of rotatable bonds is 6. The van der Waals surface area contributed by atoms with E-state index in [9.17, 15) is 0 Å². The monoisotopic (exact) mass is 678 g/mol. The number of hydrogen-bond acceptors (Lipinski definition) is 5. The lowest BCUT2D eigenvalue weighted by Crippen LogP contribution is -2.00. The van der Waals surface area contributed by atoms with Crippen LogP contribution in [0.4, 0.5) is 0 Å². The Morgan fingerprint density at radius 2 is 0.792 bits per heavy atom. The Kier molecular flexibility index (Phi) is 7.40. The van der Waals surface area contributed by atoms with E-state index in [0.717, 1.165) is 71.8 Å². The zero-order chi connectivity index (χ0) is 35.1. The van der Waals surface area contributed by atoms with Gasteiger partial charge in [0.2, 0.25) is 5.71 Å². The van der Waals surface area contributed by atoms with E-state index >= 15 is 0 Å². The van der Waals surface area contributed by atoms with Crippen molar-refractivity contribution in [3.8, 4) is 67.5 Å². The number of nitrogens with zero attached hydrogens (tertiary/aromatic N) is 4. The highest BCUT2D eigenvalue weighted by Crippen LogP contribution is 2.41. The molecule has 0 atom stereocenters. The summed E-state index contributed by atoms with van der Waals surface area (Å²) in [6.07, 6.45) is 0. The maximum atomic E-state index is 6.28. The zero-order valence-corrected chi connectivity index (χ0v) is 28.5. The van der Waals surface area contributed by atoms with Gasteiger partial charge in [-0.1, -0.05) is 158 Å². The molecule has 0 spiro atoms. The van der Waals surface area contributed by atoms with Crippen molar-refractivity contribution in [2.45, 2.75) is 0 Å². The van der Waals surface area contributed by atoms with E-state index in [1.54, 1.807) is 0 Å². The van der Waals surface area contributed by atoms with Crippen molar-refractivity contribution in [2.75, 3.05) is 0 Å². The van der Waals surface area contributed by atoms with Crippen LogP contribution in [0.15, 0.2) is 186 Å². The maximum absolute atomic E-state index is 6.28. The van der Waals surface area contributed by atoms with Gasteiger partial charge < -0.3 is 4.42 Å². The van der Waals surface area contributed by atoms with E-state index in [1.165, 1.54) is 5.56 Å². The molecular weight excluding hydrogens is 649 g/mol. The molecular formula is C48H30N4O. The summed E-state index contributed by atoms with van der Waals surface area (Å²) < 4.78 is 6.28. The van der Waals surface area contributed by atoms with E-state index in [4.69, 9.17) is 24.4 Å². The van der Waals surface area contributed by atoms with Crippen LogP contribution in [-0.4, -0.2) is 19.9 Å². The third-order valence-electron chi connectivity index (χ3n) is 9.75. The second-order valence-corrected chi connectivity index (χ2v) is 13.1. The molecule has 0 aliphatic rings. The Labute approximate surface area is 305 Å². The lowest BCUT2D eigenvalue weighted by Gasteiger charge is -2.12. The van der Waals surface area contributed by atoms with Crippen LogP contribution in [0.3, 0.4) is 0 Å². The second kappa shape index (κ2) is 12.8. The lowest BCUT2D eigenvalue weighted by atomic mass is 9.93. The molecule has 0 amide bonds. The fourth-order valence-corrected chi connectivity index (χ4v) is 7.16. The smallest absolute Gasteiger partial charge is 0.228 e. The van der Waals surface area contributed by atoms with Crippen molar-refractivity contribution in [3.05, 3.63) is 182 Å². The molecule has 10 aromatic rings. The molecule has 10 rings (SSSR count). The van der Waals surface area contributed by atoms with Gasteiger partial charge in [0, 0.05) is 33.0 Å². The summed E-state index contributed by atoms with van der Waals surface area (Å²) >= 11 is 0. The van der Waals surface area contributed by atoms with Gasteiger partial charge in [0.25, 0.3) is 0 Å². The van der Waals surface area contributed by atoms with Gasteiger partial charge in [-0.15, -0.1) is 0 Å². The van der Waals surface area contributed by atoms with E-state index in [0.29, 0.717) is 23.2 Å². The Morgan fingerprint density at radius 1 is 0.321 bits per heavy atom. The first-order valence-corrected chi connectivity index (χ1v) is 17.6. The van der Waals surface area contributed by atoms with Crippen LogP contribution in [0.5, 0.6) is 0 Å². The minimum absolute atomic E-state index is 0.616. The fourth-order valence-electron chi connectivity index (χ4n) is 7.16. The minimum atomic E-state index is 0.616. The summed E-state index contributed by atoms with van der Waals surface area (Å²) in [5, 5.41) is 3.16. The Balaban J connectivity index is 1.09. The van der Waals surface area contributed by atoms with Crippen LogP contribution in [-0.2, 0) is 0 Å². The molecule has 0 N–H and O–H groups in total. The molecule has 0 aliphatic heterocycles. The zero-order valence-electron chi connectivity index (χ0n) is 28.5. The first-order valence-electron chi connectivity index (χ1n) is 17.6. The first-order chi connectivity index (χ1) is 26.2. The second-order valence-electron chi connectivity index (χ2n) is 13.1. The quantitative estimate of drug-likeness (QED) is 0.175. The molecule has 5 heteroatoms. The highest BCUT2D eigenvalue weighted by molar-refractivity contribution is 6.18. The number of hydrogen-bond donors (Lipinski definition) is 0. The van der Waals surface area contributed by atoms with Gasteiger partial charge in [0.05, 0.1) is 10.9 Å². The Morgan fingerprint density at radius 3 is 1.51 bits per heavy atom. The molecule has 0 saturated heterocycles. The molecule has 3 heterocycles. The van der Waals surface area contributed by atoms with E-state index in [-0.39, 0.29) is 0 Å². The third-order valence-corrected chi connectivity index (χ3v) is 9.75. The highest BCUT2D eigenvalue weighted by Gasteiger charge is 2.19. The van der Waals surface area contributed by atoms with Crippen molar-refractivity contribution < 1.29 is 4.42 Å². The molecule has 3 aromatic heterocycles. The summed E-state index contributed by atoms with van der Waals surface area (Å²) in [5.74, 6) is 1.87. The lowest BCUT2D eigenvalue weighted by molar-refractivity contribution is 0.656. The topological polar surface area (TPSA) is 64.7 Å². The molecule has 7 aromatic carbocycles. The number of aromatic nitrogens is 4. The third kappa shape index (κ3) is 5.61. The van der Waals surface area contributed by atoms with E-state index in [1.807, 2.05) is 66.7 Å². The van der Waals surface area contributed by atoms with Gasteiger partial charge in [-0.2, -0.15) is 0 Å². The molecule has 0 saturated carbocycles. The largest absolute Gasteiger partial charge is 0.438 e. The van der Waals surface area contributed by atoms with Crippen LogP contribution < -0.4 is 0 Å². The summed E-state index contributed by atoms with van der Waals surface area (Å²) in [5.41, 5.74) is 11.8. The predicted octanol–water partition coefficient (Wildman–Crippen LogP) is 12.3. The number of furan rings is 1. The molecule has 53 heavy (non-hydrogen) atoms. The number of pyridine rings is 1. The maximum Gasteiger partial charge on any atom is 0.228 e. The Hall–Kier alpha value is -7.24. The highest BCUT2D eigenvalue weighted by atomic mass is 16.3. The van der Waals surface area contributed by atoms with Crippen molar-refractivity contribution >= 4 is 33.0 Å². The van der Waals surface area contributed by atoms with E-state index < -0.39 is 0 Å². The van der Waals surface area contributed by atoms with Crippen LogP contribution in [0.25, 0.3) is 101 Å². The summed E-state index contributed by atoms with van der Waals surface area (Å²) in [6, 6.07) is 62.4. The van der Waals surface area contributed by atoms with Gasteiger partial charge in [-0.3, -0.25) is 0 Å².